The summed E-state index contributed by atoms with van der Waals surface area (Å²) in [5, 5.41) is 0.675. The average Bonchev–Trinajstić information content (AvgIpc) is 2.26. The van der Waals surface area contributed by atoms with Crippen LogP contribution in [0.15, 0.2) is 12.1 Å². The lowest BCUT2D eigenvalue weighted by Crippen LogP contribution is -2.13. The molecule has 1 aromatic carbocycles. The molecule has 1 rings (SSSR count). The molecule has 1 unspecified atom stereocenters. The number of ether oxygens (including phenoxy) is 1. The molecule has 0 fully saturated rings. The minimum absolute atomic E-state index is 0.383. The Morgan fingerprint density at radius 2 is 2.06 bits per heavy atom. The molecular weight excluding hydrogens is 222 g/mol. The third-order valence-corrected chi connectivity index (χ3v) is 3.13. The Bertz CT molecular complexity index is 348. The van der Waals surface area contributed by atoms with Crippen molar-refractivity contribution in [1.82, 2.24) is 0 Å². The molecule has 1 aromatic rings. The van der Waals surface area contributed by atoms with Gasteiger partial charge < -0.3 is 10.5 Å². The molecule has 0 amide bonds. The third kappa shape index (κ3) is 2.89. The van der Waals surface area contributed by atoms with Gasteiger partial charge in [-0.3, -0.25) is 0 Å². The minimum Gasteiger partial charge on any atom is -0.492 e. The predicted octanol–water partition coefficient (Wildman–Crippen LogP) is 3.50. The van der Waals surface area contributed by atoms with E-state index in [1.54, 1.807) is 0 Å². The molecule has 3 heteroatoms. The summed E-state index contributed by atoms with van der Waals surface area (Å²) in [6, 6.07) is 3.99. The molecule has 2 N–H and O–H groups in total. The van der Waals surface area contributed by atoms with E-state index in [2.05, 4.69) is 13.8 Å². The standard InChI is InChI=1S/C13H20ClNO/c1-4-10(8-15)11-7-12(14)13(16-5-2)6-9(11)3/h6-7,10H,4-5,8,15H2,1-3H3. The maximum atomic E-state index is 6.17. The summed E-state index contributed by atoms with van der Waals surface area (Å²) in [7, 11) is 0. The lowest BCUT2D eigenvalue weighted by Gasteiger charge is -2.17. The molecule has 0 radical (unpaired) electrons. The van der Waals surface area contributed by atoms with Crippen LogP contribution in [0.3, 0.4) is 0 Å². The largest absolute Gasteiger partial charge is 0.492 e. The zero-order valence-electron chi connectivity index (χ0n) is 10.2. The molecule has 0 aliphatic carbocycles. The zero-order valence-corrected chi connectivity index (χ0v) is 11.0. The normalized spacial score (nSPS) is 12.6. The smallest absolute Gasteiger partial charge is 0.138 e. The second-order valence-corrected chi connectivity index (χ2v) is 4.32. The van der Waals surface area contributed by atoms with Crippen LogP contribution in [0.1, 0.15) is 37.3 Å². The van der Waals surface area contributed by atoms with Gasteiger partial charge >= 0.3 is 0 Å². The van der Waals surface area contributed by atoms with Gasteiger partial charge in [0, 0.05) is 0 Å². The molecule has 90 valence electrons. The number of nitrogens with two attached hydrogens (primary N) is 1. The first-order valence-corrected chi connectivity index (χ1v) is 6.14. The SMILES string of the molecule is CCOc1cc(C)c(C(CC)CN)cc1Cl. The molecule has 0 heterocycles. The van der Waals surface area contributed by atoms with E-state index in [0.717, 1.165) is 12.2 Å². The van der Waals surface area contributed by atoms with Gasteiger partial charge in [0.1, 0.15) is 5.75 Å². The van der Waals surface area contributed by atoms with E-state index in [0.29, 0.717) is 24.1 Å². The Hall–Kier alpha value is -0.730. The highest BCUT2D eigenvalue weighted by atomic mass is 35.5. The molecule has 0 spiro atoms. The number of halogens is 1. The number of hydrogen-bond donors (Lipinski definition) is 1. The molecule has 0 aliphatic rings. The van der Waals surface area contributed by atoms with Gasteiger partial charge in [0.25, 0.3) is 0 Å². The van der Waals surface area contributed by atoms with Crippen molar-refractivity contribution < 1.29 is 4.74 Å². The van der Waals surface area contributed by atoms with Gasteiger partial charge in [0.2, 0.25) is 0 Å². The van der Waals surface area contributed by atoms with Crippen LogP contribution in [0, 0.1) is 6.92 Å². The Balaban J connectivity index is 3.08. The third-order valence-electron chi connectivity index (χ3n) is 2.84. The van der Waals surface area contributed by atoms with Crippen LogP contribution in [-0.4, -0.2) is 13.2 Å². The molecule has 0 bridgehead atoms. The van der Waals surface area contributed by atoms with Crippen molar-refractivity contribution in [3.8, 4) is 5.75 Å². The van der Waals surface area contributed by atoms with Crippen LogP contribution in [0.5, 0.6) is 5.75 Å². The fourth-order valence-electron chi connectivity index (χ4n) is 1.89. The van der Waals surface area contributed by atoms with Crippen molar-refractivity contribution in [2.75, 3.05) is 13.2 Å². The average molecular weight is 242 g/mol. The number of hydrogen-bond acceptors (Lipinski definition) is 2. The van der Waals surface area contributed by atoms with E-state index in [1.807, 2.05) is 19.1 Å². The first-order chi connectivity index (χ1) is 7.63. The van der Waals surface area contributed by atoms with Gasteiger partial charge in [-0.2, -0.15) is 0 Å². The second-order valence-electron chi connectivity index (χ2n) is 3.91. The Morgan fingerprint density at radius 1 is 1.38 bits per heavy atom. The maximum Gasteiger partial charge on any atom is 0.138 e. The molecule has 0 saturated carbocycles. The van der Waals surface area contributed by atoms with E-state index < -0.39 is 0 Å². The Morgan fingerprint density at radius 3 is 2.56 bits per heavy atom. The lowest BCUT2D eigenvalue weighted by atomic mass is 9.92. The van der Waals surface area contributed by atoms with Gasteiger partial charge in [-0.25, -0.2) is 0 Å². The molecule has 1 atom stereocenters. The van der Waals surface area contributed by atoms with Gasteiger partial charge in [-0.1, -0.05) is 18.5 Å². The lowest BCUT2D eigenvalue weighted by molar-refractivity contribution is 0.340. The summed E-state index contributed by atoms with van der Waals surface area (Å²) in [5.41, 5.74) is 8.19. The first kappa shape index (κ1) is 13.3. The number of rotatable bonds is 5. The highest BCUT2D eigenvalue weighted by Crippen LogP contribution is 2.32. The summed E-state index contributed by atoms with van der Waals surface area (Å²) in [5.74, 6) is 1.14. The van der Waals surface area contributed by atoms with E-state index >= 15 is 0 Å². The zero-order chi connectivity index (χ0) is 12.1. The Kier molecular flexibility index (Phi) is 5.10. The van der Waals surface area contributed by atoms with Crippen molar-refractivity contribution in [1.29, 1.82) is 0 Å². The van der Waals surface area contributed by atoms with E-state index in [1.165, 1.54) is 11.1 Å². The van der Waals surface area contributed by atoms with E-state index in [4.69, 9.17) is 22.1 Å². The first-order valence-electron chi connectivity index (χ1n) is 5.76. The van der Waals surface area contributed by atoms with Crippen LogP contribution in [0.4, 0.5) is 0 Å². The van der Waals surface area contributed by atoms with Crippen LogP contribution in [-0.2, 0) is 0 Å². The van der Waals surface area contributed by atoms with Crippen molar-refractivity contribution in [3.05, 3.63) is 28.3 Å². The van der Waals surface area contributed by atoms with Crippen molar-refractivity contribution in [2.45, 2.75) is 33.1 Å². The van der Waals surface area contributed by atoms with Crippen LogP contribution in [0.2, 0.25) is 5.02 Å². The fraction of sp³-hybridized carbons (Fsp3) is 0.538. The minimum atomic E-state index is 0.383. The van der Waals surface area contributed by atoms with E-state index in [9.17, 15) is 0 Å². The highest BCUT2D eigenvalue weighted by molar-refractivity contribution is 6.32. The van der Waals surface area contributed by atoms with Crippen molar-refractivity contribution in [2.24, 2.45) is 5.73 Å². The highest BCUT2D eigenvalue weighted by Gasteiger charge is 2.13. The summed E-state index contributed by atoms with van der Waals surface area (Å²) in [4.78, 5) is 0. The van der Waals surface area contributed by atoms with Crippen LogP contribution in [0.25, 0.3) is 0 Å². The van der Waals surface area contributed by atoms with Crippen molar-refractivity contribution in [3.63, 3.8) is 0 Å². The molecule has 16 heavy (non-hydrogen) atoms. The van der Waals surface area contributed by atoms with Gasteiger partial charge in [0.05, 0.1) is 11.6 Å². The maximum absolute atomic E-state index is 6.17. The van der Waals surface area contributed by atoms with Crippen LogP contribution >= 0.6 is 11.6 Å². The van der Waals surface area contributed by atoms with Gasteiger partial charge in [0.15, 0.2) is 0 Å². The number of benzene rings is 1. The monoisotopic (exact) mass is 241 g/mol. The molecule has 0 aliphatic heterocycles. The summed E-state index contributed by atoms with van der Waals surface area (Å²) < 4.78 is 5.46. The van der Waals surface area contributed by atoms with Crippen LogP contribution < -0.4 is 10.5 Å². The second kappa shape index (κ2) is 6.12. The number of aryl methyl sites for hydroxylation is 1. The van der Waals surface area contributed by atoms with E-state index in [-0.39, 0.29) is 0 Å². The van der Waals surface area contributed by atoms with Crippen molar-refractivity contribution >= 4 is 11.6 Å². The summed E-state index contributed by atoms with van der Waals surface area (Å²) in [6.45, 7) is 7.45. The molecule has 2 nitrogen and oxygen atoms in total. The predicted molar refractivity (Wildman–Crippen MR) is 69.4 cm³/mol. The molecule has 0 aromatic heterocycles. The Labute approximate surface area is 103 Å². The molecular formula is C13H20ClNO. The topological polar surface area (TPSA) is 35.2 Å². The molecule has 0 saturated heterocycles. The quantitative estimate of drug-likeness (QED) is 0.857. The van der Waals surface area contributed by atoms with Gasteiger partial charge in [-0.15, -0.1) is 0 Å². The van der Waals surface area contributed by atoms with Gasteiger partial charge in [-0.05, 0) is 56.0 Å². The fourth-order valence-corrected chi connectivity index (χ4v) is 2.12. The summed E-state index contributed by atoms with van der Waals surface area (Å²) in [6.07, 6.45) is 1.03. The summed E-state index contributed by atoms with van der Waals surface area (Å²) >= 11 is 6.17.